The van der Waals surface area contributed by atoms with Crippen molar-refractivity contribution in [3.8, 4) is 0 Å². The molecule has 17 heavy (non-hydrogen) atoms. The highest BCUT2D eigenvalue weighted by Gasteiger charge is 2.18. The molecule has 0 nitrogen and oxygen atoms in total. The molecule has 0 radical (unpaired) electrons. The molecule has 2 rings (SSSR count). The molecule has 90 valence electrons. The highest BCUT2D eigenvalue weighted by Crippen LogP contribution is 2.41. The van der Waals surface area contributed by atoms with Gasteiger partial charge in [0.2, 0.25) is 0 Å². The Morgan fingerprint density at radius 1 is 1.29 bits per heavy atom. The molecule has 0 bridgehead atoms. The highest BCUT2D eigenvalue weighted by molar-refractivity contribution is 9.11. The number of halogens is 4. The summed E-state index contributed by atoms with van der Waals surface area (Å²) in [6.07, 6.45) is 0. The molecule has 5 heteroatoms. The summed E-state index contributed by atoms with van der Waals surface area (Å²) in [7, 11) is 0. The predicted octanol–water partition coefficient (Wildman–Crippen LogP) is 6.56. The van der Waals surface area contributed by atoms with E-state index in [1.807, 2.05) is 18.2 Å². The van der Waals surface area contributed by atoms with E-state index >= 15 is 0 Å². The molecule has 1 aromatic heterocycles. The Balaban J connectivity index is 2.43. The van der Waals surface area contributed by atoms with Gasteiger partial charge in [-0.1, -0.05) is 23.7 Å². The molecule has 0 fully saturated rings. The van der Waals surface area contributed by atoms with Crippen molar-refractivity contribution in [2.24, 2.45) is 0 Å². The Morgan fingerprint density at radius 3 is 2.59 bits per heavy atom. The maximum absolute atomic E-state index is 6.48. The molecule has 1 heterocycles. The molecule has 0 aliphatic carbocycles. The van der Waals surface area contributed by atoms with E-state index < -0.39 is 0 Å². The maximum atomic E-state index is 6.48. The van der Waals surface area contributed by atoms with Crippen molar-refractivity contribution in [1.82, 2.24) is 0 Å². The Hall–Kier alpha value is 0.460. The van der Waals surface area contributed by atoms with Crippen LogP contribution >= 0.6 is 66.4 Å². The minimum absolute atomic E-state index is 0.213. The lowest BCUT2D eigenvalue weighted by atomic mass is 10.1. The minimum atomic E-state index is -0.213. The third-order valence-electron chi connectivity index (χ3n) is 2.38. The summed E-state index contributed by atoms with van der Waals surface area (Å²) in [4.78, 5) is 1.09. The van der Waals surface area contributed by atoms with E-state index in [-0.39, 0.29) is 5.38 Å². The second-order valence-electron chi connectivity index (χ2n) is 3.61. The van der Waals surface area contributed by atoms with Crippen molar-refractivity contribution in [3.05, 3.63) is 53.6 Å². The minimum Gasteiger partial charge on any atom is -0.131 e. The van der Waals surface area contributed by atoms with E-state index in [1.54, 1.807) is 11.3 Å². The average molecular weight is 415 g/mol. The number of aryl methyl sites for hydroxylation is 1. The van der Waals surface area contributed by atoms with E-state index in [2.05, 4.69) is 44.8 Å². The summed E-state index contributed by atoms with van der Waals surface area (Å²) in [6, 6.07) is 7.89. The van der Waals surface area contributed by atoms with Crippen LogP contribution in [0.4, 0.5) is 0 Å². The third kappa shape index (κ3) is 2.90. The molecule has 1 unspecified atom stereocenters. The van der Waals surface area contributed by atoms with Gasteiger partial charge in [-0.3, -0.25) is 0 Å². The number of alkyl halides is 1. The summed E-state index contributed by atoms with van der Waals surface area (Å²) in [5.41, 5.74) is 2.12. The van der Waals surface area contributed by atoms with E-state index in [0.717, 1.165) is 18.7 Å². The van der Waals surface area contributed by atoms with Crippen LogP contribution in [0.25, 0.3) is 0 Å². The Kier molecular flexibility index (Phi) is 4.59. The highest BCUT2D eigenvalue weighted by atomic mass is 79.9. The number of benzene rings is 1. The van der Waals surface area contributed by atoms with Crippen molar-refractivity contribution in [3.63, 3.8) is 0 Å². The van der Waals surface area contributed by atoms with Crippen LogP contribution in [0.5, 0.6) is 0 Å². The molecule has 0 amide bonds. The molecular formula is C12H8Br2Cl2S. The second kappa shape index (κ2) is 5.62. The van der Waals surface area contributed by atoms with E-state index in [9.17, 15) is 0 Å². The smallest absolute Gasteiger partial charge is 0.0943 e. The Labute approximate surface area is 131 Å². The molecule has 2 aromatic rings. The summed E-state index contributed by atoms with van der Waals surface area (Å²) in [6.45, 7) is 2.05. The van der Waals surface area contributed by atoms with Crippen molar-refractivity contribution in [2.75, 3.05) is 0 Å². The van der Waals surface area contributed by atoms with Crippen molar-refractivity contribution in [2.45, 2.75) is 12.3 Å². The molecule has 0 saturated heterocycles. The largest absolute Gasteiger partial charge is 0.131 e. The SMILES string of the molecule is Cc1cc(C(Cl)c2cccc(Br)c2Cl)sc1Br. The van der Waals surface area contributed by atoms with Gasteiger partial charge in [0, 0.05) is 9.35 Å². The van der Waals surface area contributed by atoms with Crippen LogP contribution in [0.3, 0.4) is 0 Å². The first-order valence-electron chi connectivity index (χ1n) is 4.84. The lowest BCUT2D eigenvalue weighted by Gasteiger charge is -2.10. The van der Waals surface area contributed by atoms with E-state index in [0.29, 0.717) is 5.02 Å². The first-order chi connectivity index (χ1) is 8.00. The van der Waals surface area contributed by atoms with Crippen molar-refractivity contribution in [1.29, 1.82) is 0 Å². The molecule has 1 aromatic carbocycles. The van der Waals surface area contributed by atoms with Crippen molar-refractivity contribution < 1.29 is 0 Å². The van der Waals surface area contributed by atoms with Crippen LogP contribution in [0.2, 0.25) is 5.02 Å². The van der Waals surface area contributed by atoms with Gasteiger partial charge in [0.15, 0.2) is 0 Å². The van der Waals surface area contributed by atoms with E-state index in [4.69, 9.17) is 23.2 Å². The fourth-order valence-electron chi connectivity index (χ4n) is 1.48. The quantitative estimate of drug-likeness (QED) is 0.488. The van der Waals surface area contributed by atoms with Gasteiger partial charge in [0.05, 0.1) is 14.2 Å². The van der Waals surface area contributed by atoms with Crippen LogP contribution in [0, 0.1) is 6.92 Å². The number of thiophene rings is 1. The maximum Gasteiger partial charge on any atom is 0.0943 e. The summed E-state index contributed by atoms with van der Waals surface area (Å²) in [5.74, 6) is 0. The molecular weight excluding hydrogens is 407 g/mol. The van der Waals surface area contributed by atoms with Gasteiger partial charge < -0.3 is 0 Å². The first-order valence-corrected chi connectivity index (χ1v) is 8.06. The Bertz CT molecular complexity index is 532. The number of hydrogen-bond donors (Lipinski definition) is 0. The van der Waals surface area contributed by atoms with Gasteiger partial charge in [0.25, 0.3) is 0 Å². The standard InChI is InChI=1S/C12H8Br2Cl2S/c1-6-5-9(17-12(6)14)11(16)7-3-2-4-8(13)10(7)15/h2-5,11H,1H3. The lowest BCUT2D eigenvalue weighted by Crippen LogP contribution is -1.91. The van der Waals surface area contributed by atoms with Gasteiger partial charge in [-0.2, -0.15) is 0 Å². The number of rotatable bonds is 2. The topological polar surface area (TPSA) is 0 Å². The van der Waals surface area contributed by atoms with Crippen molar-refractivity contribution >= 4 is 66.4 Å². The monoisotopic (exact) mass is 412 g/mol. The lowest BCUT2D eigenvalue weighted by molar-refractivity contribution is 1.18. The van der Waals surface area contributed by atoms with Gasteiger partial charge in [-0.25, -0.2) is 0 Å². The summed E-state index contributed by atoms with van der Waals surface area (Å²) < 4.78 is 1.99. The summed E-state index contributed by atoms with van der Waals surface area (Å²) >= 11 is 21.3. The predicted molar refractivity (Wildman–Crippen MR) is 83.6 cm³/mol. The molecule has 0 aliphatic rings. The molecule has 0 spiro atoms. The third-order valence-corrected chi connectivity index (χ3v) is 6.49. The molecule has 0 saturated carbocycles. The van der Waals surface area contributed by atoms with Crippen LogP contribution < -0.4 is 0 Å². The van der Waals surface area contributed by atoms with E-state index in [1.165, 1.54) is 5.56 Å². The van der Waals surface area contributed by atoms with Gasteiger partial charge in [-0.15, -0.1) is 22.9 Å². The zero-order chi connectivity index (χ0) is 12.6. The fourth-order valence-corrected chi connectivity index (χ4v) is 4.10. The number of hydrogen-bond acceptors (Lipinski definition) is 1. The van der Waals surface area contributed by atoms with Crippen LogP contribution in [0.15, 0.2) is 32.5 Å². The molecule has 0 N–H and O–H groups in total. The first kappa shape index (κ1) is 13.9. The average Bonchev–Trinajstić information content (AvgIpc) is 2.62. The normalized spacial score (nSPS) is 12.8. The van der Waals surface area contributed by atoms with Crippen LogP contribution in [-0.4, -0.2) is 0 Å². The fraction of sp³-hybridized carbons (Fsp3) is 0.167. The Morgan fingerprint density at radius 2 is 2.00 bits per heavy atom. The van der Waals surface area contributed by atoms with Gasteiger partial charge >= 0.3 is 0 Å². The second-order valence-corrected chi connectivity index (χ2v) is 7.68. The summed E-state index contributed by atoms with van der Waals surface area (Å²) in [5, 5.41) is 0.463. The zero-order valence-corrected chi connectivity index (χ0v) is 14.3. The molecule has 0 aliphatic heterocycles. The molecule has 1 atom stereocenters. The zero-order valence-electron chi connectivity index (χ0n) is 8.81. The van der Waals surface area contributed by atoms with Crippen LogP contribution in [-0.2, 0) is 0 Å². The van der Waals surface area contributed by atoms with Crippen LogP contribution in [0.1, 0.15) is 21.4 Å². The van der Waals surface area contributed by atoms with Gasteiger partial charge in [0.1, 0.15) is 0 Å². The van der Waals surface area contributed by atoms with Gasteiger partial charge in [-0.05, 0) is 62.0 Å².